The summed E-state index contributed by atoms with van der Waals surface area (Å²) in [4.78, 5) is 7.43. The number of rotatable bonds is 4. The first-order chi connectivity index (χ1) is 9.84. The van der Waals surface area contributed by atoms with Crippen LogP contribution in [-0.4, -0.2) is 42.3 Å². The minimum absolute atomic E-state index is 0.0436. The molecule has 0 aromatic heterocycles. The largest absolute Gasteiger partial charge is 0.479 e. The molecule has 2 rings (SSSR count). The Morgan fingerprint density at radius 1 is 1.43 bits per heavy atom. The highest BCUT2D eigenvalue weighted by molar-refractivity contribution is 5.78. The van der Waals surface area contributed by atoms with E-state index in [1.807, 2.05) is 11.8 Å². The number of ether oxygens (including phenoxy) is 1. The molecule has 1 spiro atoms. The second-order valence-corrected chi connectivity index (χ2v) is 5.54. The molecular formula is C14H21F3N2O2. The van der Waals surface area contributed by atoms with Gasteiger partial charge in [-0.1, -0.05) is 11.7 Å². The number of allylic oxidation sites excluding steroid dienone is 1. The zero-order valence-electron chi connectivity index (χ0n) is 12.2. The Balaban J connectivity index is 1.77. The molecule has 0 aliphatic carbocycles. The molecule has 7 heteroatoms. The summed E-state index contributed by atoms with van der Waals surface area (Å²) < 4.78 is 42.0. The Labute approximate surface area is 122 Å². The van der Waals surface area contributed by atoms with Crippen LogP contribution < -0.4 is 0 Å². The maximum Gasteiger partial charge on any atom is 0.389 e. The maximum atomic E-state index is 12.2. The average Bonchev–Trinajstić information content (AvgIpc) is 2.80. The fourth-order valence-corrected chi connectivity index (χ4v) is 2.67. The van der Waals surface area contributed by atoms with E-state index in [9.17, 15) is 13.2 Å². The third-order valence-corrected chi connectivity index (χ3v) is 3.94. The number of alkyl halides is 3. The molecule has 120 valence electrons. The highest BCUT2D eigenvalue weighted by Crippen LogP contribution is 2.36. The van der Waals surface area contributed by atoms with E-state index in [4.69, 9.17) is 9.57 Å². The van der Waals surface area contributed by atoms with Crippen LogP contribution in [0.2, 0.25) is 0 Å². The van der Waals surface area contributed by atoms with E-state index in [0.29, 0.717) is 37.7 Å². The van der Waals surface area contributed by atoms with Gasteiger partial charge in [0.05, 0.1) is 13.0 Å². The predicted molar refractivity (Wildman–Crippen MR) is 72.7 cm³/mol. The Kier molecular flexibility index (Phi) is 4.68. The lowest BCUT2D eigenvalue weighted by Crippen LogP contribution is -2.44. The van der Waals surface area contributed by atoms with Gasteiger partial charge >= 0.3 is 6.18 Å². The van der Waals surface area contributed by atoms with E-state index >= 15 is 0 Å². The Hall–Kier alpha value is -1.40. The van der Waals surface area contributed by atoms with Gasteiger partial charge in [0.25, 0.3) is 0 Å². The molecule has 0 bridgehead atoms. The van der Waals surface area contributed by atoms with Crippen molar-refractivity contribution in [2.45, 2.75) is 50.8 Å². The van der Waals surface area contributed by atoms with E-state index in [2.05, 4.69) is 11.7 Å². The monoisotopic (exact) mass is 306 g/mol. The summed E-state index contributed by atoms with van der Waals surface area (Å²) in [6.07, 6.45) is -2.91. The van der Waals surface area contributed by atoms with E-state index in [1.54, 1.807) is 0 Å². The van der Waals surface area contributed by atoms with Crippen molar-refractivity contribution >= 4 is 5.90 Å². The van der Waals surface area contributed by atoms with Crippen LogP contribution in [0.15, 0.2) is 17.4 Å². The van der Waals surface area contributed by atoms with E-state index in [1.165, 1.54) is 0 Å². The van der Waals surface area contributed by atoms with Crippen molar-refractivity contribution in [3.05, 3.63) is 12.3 Å². The molecule has 0 aromatic carbocycles. The van der Waals surface area contributed by atoms with Gasteiger partial charge in [0.15, 0.2) is 0 Å². The Bertz CT molecular complexity index is 413. The standard InChI is InChI=1S/C14H21F3N2O2/c1-3-20-12-10-13(21-18-12)6-8-19(9-7-13)11(2)4-5-14(15,16)17/h2-10H2,1H3. The Morgan fingerprint density at radius 3 is 2.67 bits per heavy atom. The fraction of sp³-hybridized carbons (Fsp3) is 0.786. The zero-order chi connectivity index (χ0) is 15.5. The maximum absolute atomic E-state index is 12.2. The van der Waals surface area contributed by atoms with E-state index in [-0.39, 0.29) is 12.0 Å². The smallest absolute Gasteiger partial charge is 0.389 e. The van der Waals surface area contributed by atoms with Crippen molar-refractivity contribution < 1.29 is 22.7 Å². The molecule has 0 N–H and O–H groups in total. The molecule has 2 aliphatic rings. The van der Waals surface area contributed by atoms with E-state index in [0.717, 1.165) is 12.8 Å². The van der Waals surface area contributed by atoms with Crippen molar-refractivity contribution in [3.63, 3.8) is 0 Å². The highest BCUT2D eigenvalue weighted by atomic mass is 19.4. The van der Waals surface area contributed by atoms with Crippen LogP contribution >= 0.6 is 0 Å². The van der Waals surface area contributed by atoms with Crippen molar-refractivity contribution in [3.8, 4) is 0 Å². The molecule has 1 saturated heterocycles. The zero-order valence-corrected chi connectivity index (χ0v) is 12.2. The number of nitrogens with zero attached hydrogens (tertiary/aromatic N) is 2. The molecule has 0 atom stereocenters. The van der Waals surface area contributed by atoms with Crippen molar-refractivity contribution in [2.75, 3.05) is 19.7 Å². The number of halogens is 3. The van der Waals surface area contributed by atoms with Crippen LogP contribution in [0.5, 0.6) is 0 Å². The number of hydrogen-bond donors (Lipinski definition) is 0. The summed E-state index contributed by atoms with van der Waals surface area (Å²) >= 11 is 0. The number of oxime groups is 1. The summed E-state index contributed by atoms with van der Waals surface area (Å²) in [5, 5.41) is 3.95. The van der Waals surface area contributed by atoms with Crippen LogP contribution in [0.1, 0.15) is 39.0 Å². The van der Waals surface area contributed by atoms with Crippen molar-refractivity contribution in [1.29, 1.82) is 0 Å². The van der Waals surface area contributed by atoms with Crippen LogP contribution in [0.4, 0.5) is 13.2 Å². The number of likely N-dealkylation sites (tertiary alicyclic amines) is 1. The van der Waals surface area contributed by atoms with Gasteiger partial charge in [-0.05, 0) is 13.3 Å². The minimum Gasteiger partial charge on any atom is -0.479 e. The third kappa shape index (κ3) is 4.28. The molecule has 0 aromatic rings. The summed E-state index contributed by atoms with van der Waals surface area (Å²) in [6, 6.07) is 0. The summed E-state index contributed by atoms with van der Waals surface area (Å²) in [5.41, 5.74) is 0.205. The van der Waals surface area contributed by atoms with Gasteiger partial charge in [-0.2, -0.15) is 13.2 Å². The SMILES string of the molecule is C=C(CCC(F)(F)F)N1CCC2(CC1)CC(OCC)=NO2. The topological polar surface area (TPSA) is 34.1 Å². The van der Waals surface area contributed by atoms with Crippen molar-refractivity contribution in [1.82, 2.24) is 4.90 Å². The first-order valence-corrected chi connectivity index (χ1v) is 7.21. The molecule has 0 radical (unpaired) electrons. The van der Waals surface area contributed by atoms with Gasteiger partial charge in [0.2, 0.25) is 5.90 Å². The van der Waals surface area contributed by atoms with Crippen molar-refractivity contribution in [2.24, 2.45) is 5.16 Å². The molecule has 21 heavy (non-hydrogen) atoms. The first kappa shape index (κ1) is 16.0. The third-order valence-electron chi connectivity index (χ3n) is 3.94. The molecule has 2 heterocycles. The molecule has 0 amide bonds. The van der Waals surface area contributed by atoms with Crippen LogP contribution in [-0.2, 0) is 9.57 Å². The van der Waals surface area contributed by atoms with Gasteiger partial charge in [0, 0.05) is 38.0 Å². The second kappa shape index (κ2) is 6.15. The van der Waals surface area contributed by atoms with Crippen LogP contribution in [0.25, 0.3) is 0 Å². The normalized spacial score (nSPS) is 21.1. The first-order valence-electron chi connectivity index (χ1n) is 7.21. The minimum atomic E-state index is -4.13. The summed E-state index contributed by atoms with van der Waals surface area (Å²) in [5.74, 6) is 0.613. The average molecular weight is 306 g/mol. The lowest BCUT2D eigenvalue weighted by Gasteiger charge is -2.39. The molecular weight excluding hydrogens is 285 g/mol. The van der Waals surface area contributed by atoms with Gasteiger partial charge in [0.1, 0.15) is 5.60 Å². The Morgan fingerprint density at radius 2 is 2.10 bits per heavy atom. The van der Waals surface area contributed by atoms with Gasteiger partial charge in [-0.15, -0.1) is 0 Å². The predicted octanol–water partition coefficient (Wildman–Crippen LogP) is 3.45. The molecule has 0 unspecified atom stereocenters. The molecule has 1 fully saturated rings. The van der Waals surface area contributed by atoms with Gasteiger partial charge < -0.3 is 14.5 Å². The summed E-state index contributed by atoms with van der Waals surface area (Å²) in [6.45, 7) is 7.51. The summed E-state index contributed by atoms with van der Waals surface area (Å²) in [7, 11) is 0. The lowest BCUT2D eigenvalue weighted by atomic mass is 9.88. The number of piperidine rings is 1. The molecule has 2 aliphatic heterocycles. The lowest BCUT2D eigenvalue weighted by molar-refractivity contribution is -0.135. The van der Waals surface area contributed by atoms with Gasteiger partial charge in [-0.25, -0.2) is 0 Å². The fourth-order valence-electron chi connectivity index (χ4n) is 2.67. The number of hydrogen-bond acceptors (Lipinski definition) is 4. The van der Waals surface area contributed by atoms with E-state index < -0.39 is 12.6 Å². The molecule has 4 nitrogen and oxygen atoms in total. The van der Waals surface area contributed by atoms with Crippen LogP contribution in [0.3, 0.4) is 0 Å². The van der Waals surface area contributed by atoms with Gasteiger partial charge in [-0.3, -0.25) is 0 Å². The van der Waals surface area contributed by atoms with Crippen LogP contribution in [0, 0.1) is 0 Å². The second-order valence-electron chi connectivity index (χ2n) is 5.54. The quantitative estimate of drug-likeness (QED) is 0.798. The highest BCUT2D eigenvalue weighted by Gasteiger charge is 2.43. The molecule has 0 saturated carbocycles.